The van der Waals surface area contributed by atoms with E-state index in [1.807, 2.05) is 49.5 Å². The Morgan fingerprint density at radius 2 is 1.75 bits per heavy atom. The molecular weight excluding hydrogens is 252 g/mol. The number of hydrogen-bond donors (Lipinski definition) is 1. The Morgan fingerprint density at radius 1 is 1.00 bits per heavy atom. The summed E-state index contributed by atoms with van der Waals surface area (Å²) < 4.78 is 5.76. The van der Waals surface area contributed by atoms with E-state index in [1.165, 1.54) is 0 Å². The van der Waals surface area contributed by atoms with Crippen molar-refractivity contribution in [1.82, 2.24) is 20.5 Å². The monoisotopic (exact) mass is 266 g/mol. The molecule has 100 valence electrons. The van der Waals surface area contributed by atoms with Crippen LogP contribution in [0.15, 0.2) is 59.3 Å². The van der Waals surface area contributed by atoms with Gasteiger partial charge in [0.05, 0.1) is 0 Å². The van der Waals surface area contributed by atoms with Crippen molar-refractivity contribution in [3.05, 3.63) is 66.3 Å². The second kappa shape index (κ2) is 5.63. The average molecular weight is 266 g/mol. The van der Waals surface area contributed by atoms with Crippen molar-refractivity contribution < 1.29 is 4.42 Å². The van der Waals surface area contributed by atoms with Crippen LogP contribution in [-0.2, 0) is 0 Å². The van der Waals surface area contributed by atoms with Crippen molar-refractivity contribution in [2.75, 3.05) is 7.05 Å². The summed E-state index contributed by atoms with van der Waals surface area (Å²) in [4.78, 5) is 3.97. The van der Waals surface area contributed by atoms with E-state index in [4.69, 9.17) is 4.42 Å². The summed E-state index contributed by atoms with van der Waals surface area (Å²) in [7, 11) is 1.87. The molecule has 0 amide bonds. The molecule has 1 N–H and O–H groups in total. The van der Waals surface area contributed by atoms with E-state index in [-0.39, 0.29) is 6.04 Å². The zero-order valence-electron chi connectivity index (χ0n) is 11.0. The van der Waals surface area contributed by atoms with Gasteiger partial charge in [0.25, 0.3) is 0 Å². The minimum atomic E-state index is -0.112. The van der Waals surface area contributed by atoms with Crippen LogP contribution in [0, 0.1) is 0 Å². The van der Waals surface area contributed by atoms with Gasteiger partial charge in [-0.2, -0.15) is 0 Å². The van der Waals surface area contributed by atoms with Crippen LogP contribution in [0.5, 0.6) is 0 Å². The summed E-state index contributed by atoms with van der Waals surface area (Å²) in [5.74, 6) is 1.05. The number of nitrogens with zero attached hydrogens (tertiary/aromatic N) is 3. The van der Waals surface area contributed by atoms with Crippen LogP contribution >= 0.6 is 0 Å². The van der Waals surface area contributed by atoms with Crippen molar-refractivity contribution in [3.8, 4) is 11.5 Å². The molecule has 5 heteroatoms. The lowest BCUT2D eigenvalue weighted by atomic mass is 10.1. The SMILES string of the molecule is CNC(c1ccccc1)c1nnc(-c2ccncc2)o1. The van der Waals surface area contributed by atoms with Gasteiger partial charge in [0.2, 0.25) is 11.8 Å². The van der Waals surface area contributed by atoms with Gasteiger partial charge in [-0.1, -0.05) is 30.3 Å². The van der Waals surface area contributed by atoms with Gasteiger partial charge in [-0.25, -0.2) is 0 Å². The molecule has 5 nitrogen and oxygen atoms in total. The Balaban J connectivity index is 1.93. The Labute approximate surface area is 116 Å². The third-order valence-electron chi connectivity index (χ3n) is 3.04. The molecule has 1 atom stereocenters. The molecule has 0 aliphatic carbocycles. The van der Waals surface area contributed by atoms with Gasteiger partial charge in [-0.05, 0) is 24.7 Å². The molecule has 2 aromatic heterocycles. The summed E-state index contributed by atoms with van der Waals surface area (Å²) >= 11 is 0. The van der Waals surface area contributed by atoms with Gasteiger partial charge in [0, 0.05) is 18.0 Å². The minimum Gasteiger partial charge on any atom is -0.419 e. The predicted molar refractivity (Wildman–Crippen MR) is 74.9 cm³/mol. The fourth-order valence-corrected chi connectivity index (χ4v) is 2.04. The number of benzene rings is 1. The molecule has 0 fully saturated rings. The quantitative estimate of drug-likeness (QED) is 0.785. The first-order valence-electron chi connectivity index (χ1n) is 6.34. The highest BCUT2D eigenvalue weighted by molar-refractivity contribution is 5.50. The van der Waals surface area contributed by atoms with Crippen LogP contribution in [0.3, 0.4) is 0 Å². The lowest BCUT2D eigenvalue weighted by molar-refractivity contribution is 0.456. The van der Waals surface area contributed by atoms with Crippen LogP contribution in [0.4, 0.5) is 0 Å². The maximum atomic E-state index is 5.76. The van der Waals surface area contributed by atoms with E-state index >= 15 is 0 Å². The first-order chi connectivity index (χ1) is 9.88. The molecular formula is C15H14N4O. The summed E-state index contributed by atoms with van der Waals surface area (Å²) in [6.45, 7) is 0. The van der Waals surface area contributed by atoms with E-state index in [0.29, 0.717) is 11.8 Å². The molecule has 20 heavy (non-hydrogen) atoms. The third kappa shape index (κ3) is 2.44. The van der Waals surface area contributed by atoms with Gasteiger partial charge in [-0.15, -0.1) is 10.2 Å². The number of nitrogens with one attached hydrogen (secondary N) is 1. The number of hydrogen-bond acceptors (Lipinski definition) is 5. The first-order valence-corrected chi connectivity index (χ1v) is 6.34. The van der Waals surface area contributed by atoms with Crippen LogP contribution in [-0.4, -0.2) is 22.2 Å². The standard InChI is InChI=1S/C15H14N4O/c1-16-13(11-5-3-2-4-6-11)15-19-18-14(20-15)12-7-9-17-10-8-12/h2-10,13,16H,1H3. The minimum absolute atomic E-state index is 0.112. The van der Waals surface area contributed by atoms with E-state index in [9.17, 15) is 0 Å². The van der Waals surface area contributed by atoms with Crippen molar-refractivity contribution >= 4 is 0 Å². The second-order valence-electron chi connectivity index (χ2n) is 4.31. The number of aromatic nitrogens is 3. The Hall–Kier alpha value is -2.53. The lowest BCUT2D eigenvalue weighted by Crippen LogP contribution is -2.17. The largest absolute Gasteiger partial charge is 0.419 e. The molecule has 0 radical (unpaired) electrons. The average Bonchev–Trinajstić information content (AvgIpc) is 3.00. The first kappa shape index (κ1) is 12.5. The van der Waals surface area contributed by atoms with Gasteiger partial charge >= 0.3 is 0 Å². The summed E-state index contributed by atoms with van der Waals surface area (Å²) in [6, 6.07) is 13.6. The topological polar surface area (TPSA) is 63.8 Å². The Kier molecular flexibility index (Phi) is 3.52. The molecule has 0 aliphatic heterocycles. The van der Waals surface area contributed by atoms with Crippen LogP contribution in [0.25, 0.3) is 11.5 Å². The van der Waals surface area contributed by atoms with Crippen LogP contribution in [0.2, 0.25) is 0 Å². The van der Waals surface area contributed by atoms with Crippen LogP contribution < -0.4 is 5.32 Å². The van der Waals surface area contributed by atoms with E-state index in [0.717, 1.165) is 11.1 Å². The molecule has 1 unspecified atom stereocenters. The Morgan fingerprint density at radius 3 is 2.45 bits per heavy atom. The maximum absolute atomic E-state index is 5.76. The lowest BCUT2D eigenvalue weighted by Gasteiger charge is -2.11. The number of rotatable bonds is 4. The van der Waals surface area contributed by atoms with Crippen molar-refractivity contribution in [2.45, 2.75) is 6.04 Å². The molecule has 0 aliphatic rings. The molecule has 1 aromatic carbocycles. The molecule has 3 rings (SSSR count). The van der Waals surface area contributed by atoms with E-state index < -0.39 is 0 Å². The highest BCUT2D eigenvalue weighted by Gasteiger charge is 2.19. The third-order valence-corrected chi connectivity index (χ3v) is 3.04. The van der Waals surface area contributed by atoms with Gasteiger partial charge in [0.1, 0.15) is 6.04 Å². The molecule has 0 bridgehead atoms. The van der Waals surface area contributed by atoms with Crippen molar-refractivity contribution in [1.29, 1.82) is 0 Å². The van der Waals surface area contributed by atoms with Gasteiger partial charge < -0.3 is 9.73 Å². The smallest absolute Gasteiger partial charge is 0.247 e. The van der Waals surface area contributed by atoms with Gasteiger partial charge in [0.15, 0.2) is 0 Å². The van der Waals surface area contributed by atoms with E-state index in [2.05, 4.69) is 20.5 Å². The van der Waals surface area contributed by atoms with Crippen molar-refractivity contribution in [2.24, 2.45) is 0 Å². The van der Waals surface area contributed by atoms with Crippen LogP contribution in [0.1, 0.15) is 17.5 Å². The molecule has 2 heterocycles. The molecule has 0 spiro atoms. The summed E-state index contributed by atoms with van der Waals surface area (Å²) in [6.07, 6.45) is 3.40. The fourth-order valence-electron chi connectivity index (χ4n) is 2.04. The molecule has 3 aromatic rings. The molecule has 0 saturated heterocycles. The summed E-state index contributed by atoms with van der Waals surface area (Å²) in [5, 5.41) is 11.4. The normalized spacial score (nSPS) is 12.2. The fraction of sp³-hybridized carbons (Fsp3) is 0.133. The highest BCUT2D eigenvalue weighted by atomic mass is 16.4. The van der Waals surface area contributed by atoms with Crippen molar-refractivity contribution in [3.63, 3.8) is 0 Å². The van der Waals surface area contributed by atoms with Gasteiger partial charge in [-0.3, -0.25) is 4.98 Å². The molecule has 0 saturated carbocycles. The Bertz CT molecular complexity index is 667. The number of pyridine rings is 1. The predicted octanol–water partition coefficient (Wildman–Crippen LogP) is 2.44. The maximum Gasteiger partial charge on any atom is 0.247 e. The van der Waals surface area contributed by atoms with E-state index in [1.54, 1.807) is 12.4 Å². The zero-order valence-corrected chi connectivity index (χ0v) is 11.0. The second-order valence-corrected chi connectivity index (χ2v) is 4.31. The highest BCUT2D eigenvalue weighted by Crippen LogP contribution is 2.24. The summed E-state index contributed by atoms with van der Waals surface area (Å²) in [5.41, 5.74) is 1.95. The zero-order chi connectivity index (χ0) is 13.8.